The van der Waals surface area contributed by atoms with Crippen molar-refractivity contribution in [1.82, 2.24) is 0 Å². The minimum absolute atomic E-state index is 0.0305. The Hall–Kier alpha value is -0.622. The van der Waals surface area contributed by atoms with Crippen LogP contribution in [0.25, 0.3) is 0 Å². The van der Waals surface area contributed by atoms with Gasteiger partial charge in [-0.25, -0.2) is 0 Å². The molecule has 1 unspecified atom stereocenters. The third-order valence-electron chi connectivity index (χ3n) is 1.43. The summed E-state index contributed by atoms with van der Waals surface area (Å²) in [5.41, 5.74) is 0.590. The molecule has 52 valence electrons. The van der Waals surface area contributed by atoms with Crippen LogP contribution in [0.4, 0.5) is 0 Å². The number of hydrogen-bond acceptors (Lipinski definition) is 2. The van der Waals surface area contributed by atoms with Crippen molar-refractivity contribution in [2.75, 3.05) is 0 Å². The molecule has 3 heteroatoms. The molecule has 1 rings (SSSR count). The Morgan fingerprint density at radius 2 is 1.70 bits per heavy atom. The second kappa shape index (κ2) is 2.55. The van der Waals surface area contributed by atoms with Gasteiger partial charge in [0.05, 0.1) is 0 Å². The summed E-state index contributed by atoms with van der Waals surface area (Å²) < 4.78 is 0.625. The van der Waals surface area contributed by atoms with Gasteiger partial charge in [-0.2, -0.15) is 0 Å². The quantitative estimate of drug-likeness (QED) is 0.392. The number of ketones is 2. The molecule has 0 radical (unpaired) electrons. The van der Waals surface area contributed by atoms with E-state index in [0.717, 1.165) is 0 Å². The Labute approximate surface area is 67.5 Å². The molecule has 0 bridgehead atoms. The molecule has 0 saturated carbocycles. The molecule has 0 heterocycles. The van der Waals surface area contributed by atoms with Gasteiger partial charge in [0.15, 0.2) is 0 Å². The van der Waals surface area contributed by atoms with Crippen LogP contribution in [0.1, 0.15) is 6.92 Å². The van der Waals surface area contributed by atoms with Gasteiger partial charge in [0.25, 0.3) is 0 Å². The van der Waals surface area contributed by atoms with Crippen molar-refractivity contribution in [3.63, 3.8) is 0 Å². The first-order valence-electron chi connectivity index (χ1n) is 2.86. The second-order valence-corrected chi connectivity index (χ2v) is 3.31. The van der Waals surface area contributed by atoms with Crippen molar-refractivity contribution < 1.29 is 9.59 Å². The van der Waals surface area contributed by atoms with E-state index in [2.05, 4.69) is 0 Å². The third kappa shape index (κ3) is 1.12. The van der Waals surface area contributed by atoms with E-state index in [1.807, 2.05) is 0 Å². The van der Waals surface area contributed by atoms with Crippen LogP contribution in [0.5, 0.6) is 0 Å². The van der Waals surface area contributed by atoms with Gasteiger partial charge in [-0.1, -0.05) is 0 Å². The van der Waals surface area contributed by atoms with Crippen molar-refractivity contribution in [3.8, 4) is 0 Å². The Bertz CT molecular complexity index is 235. The first-order valence-corrected chi connectivity index (χ1v) is 4.07. The van der Waals surface area contributed by atoms with Gasteiger partial charge >= 0.3 is 67.0 Å². The fraction of sp³-hybridized carbons (Fsp3) is 0.143. The van der Waals surface area contributed by atoms with E-state index < -0.39 is 0 Å². The summed E-state index contributed by atoms with van der Waals surface area (Å²) >= 11 is 1.22. The summed E-state index contributed by atoms with van der Waals surface area (Å²) in [4.78, 5) is 21.7. The fourth-order valence-corrected chi connectivity index (χ4v) is 1.18. The molecule has 1 aliphatic rings. The van der Waals surface area contributed by atoms with Crippen molar-refractivity contribution in [2.24, 2.45) is 0 Å². The van der Waals surface area contributed by atoms with E-state index in [1.165, 1.54) is 29.0 Å². The van der Waals surface area contributed by atoms with Crippen LogP contribution >= 0.6 is 0 Å². The van der Waals surface area contributed by atoms with Crippen LogP contribution in [0.15, 0.2) is 22.1 Å². The molecule has 1 atom stereocenters. The van der Waals surface area contributed by atoms with E-state index in [1.54, 1.807) is 6.92 Å². The predicted molar refractivity (Wildman–Crippen MR) is 40.4 cm³/mol. The summed E-state index contributed by atoms with van der Waals surface area (Å²) in [5.74, 6) is -0.0731. The molecule has 0 aromatic heterocycles. The van der Waals surface area contributed by atoms with Crippen molar-refractivity contribution >= 4 is 28.4 Å². The van der Waals surface area contributed by atoms with E-state index in [9.17, 15) is 9.59 Å². The van der Waals surface area contributed by atoms with Crippen LogP contribution in [0, 0.1) is 0 Å². The van der Waals surface area contributed by atoms with E-state index in [-0.39, 0.29) is 11.6 Å². The van der Waals surface area contributed by atoms with Crippen LogP contribution < -0.4 is 0 Å². The average Bonchev–Trinajstić information content (AvgIpc) is 1.93. The standard InChI is InChI=1S/C7H7AsO2/c1-4-5(9)2-3-6(10)7(4)8/h2-3H,8H2,1H3. The average molecular weight is 198 g/mol. The summed E-state index contributed by atoms with van der Waals surface area (Å²) in [5, 5.41) is 0. The second-order valence-electron chi connectivity index (χ2n) is 2.10. The zero-order chi connectivity index (χ0) is 7.72. The molecule has 2 nitrogen and oxygen atoms in total. The number of allylic oxidation sites excluding steroid dienone is 4. The van der Waals surface area contributed by atoms with E-state index >= 15 is 0 Å². The number of rotatable bonds is 0. The van der Waals surface area contributed by atoms with Crippen molar-refractivity contribution in [2.45, 2.75) is 6.92 Å². The van der Waals surface area contributed by atoms with Crippen LogP contribution in [-0.2, 0) is 9.59 Å². The molecular formula is C7H7AsO2. The van der Waals surface area contributed by atoms with Crippen LogP contribution in [0.3, 0.4) is 0 Å². The molecule has 1 aliphatic carbocycles. The van der Waals surface area contributed by atoms with Gasteiger partial charge in [0, 0.05) is 0 Å². The number of hydrogen-bond donors (Lipinski definition) is 0. The molecule has 10 heavy (non-hydrogen) atoms. The summed E-state index contributed by atoms with van der Waals surface area (Å²) in [6.07, 6.45) is 2.65. The van der Waals surface area contributed by atoms with Gasteiger partial charge < -0.3 is 0 Å². The Balaban J connectivity index is 3.12. The Kier molecular flexibility index (Phi) is 1.91. The SMILES string of the molecule is CC1=C([AsH2])C(=O)C=CC1=O. The zero-order valence-electron chi connectivity index (χ0n) is 5.55. The summed E-state index contributed by atoms with van der Waals surface area (Å²) in [6.45, 7) is 1.68. The monoisotopic (exact) mass is 198 g/mol. The van der Waals surface area contributed by atoms with E-state index in [4.69, 9.17) is 0 Å². The minimum atomic E-state index is -0.0426. The third-order valence-corrected chi connectivity index (χ3v) is 2.93. The number of carbonyl (C=O) groups is 2. The molecule has 0 aliphatic heterocycles. The van der Waals surface area contributed by atoms with Gasteiger partial charge in [-0.15, -0.1) is 0 Å². The molecule has 0 aromatic rings. The van der Waals surface area contributed by atoms with Gasteiger partial charge in [-0.05, 0) is 0 Å². The normalized spacial score (nSPS) is 18.6. The van der Waals surface area contributed by atoms with Gasteiger partial charge in [0.1, 0.15) is 0 Å². The Morgan fingerprint density at radius 1 is 1.20 bits per heavy atom. The molecule has 0 spiro atoms. The Morgan fingerprint density at radius 3 is 2.20 bits per heavy atom. The zero-order valence-corrected chi connectivity index (χ0v) is 7.97. The molecular weight excluding hydrogens is 191 g/mol. The predicted octanol–water partition coefficient (Wildman–Crippen LogP) is -0.399. The van der Waals surface area contributed by atoms with Gasteiger partial charge in [-0.3, -0.25) is 0 Å². The molecule has 0 fully saturated rings. The summed E-state index contributed by atoms with van der Waals surface area (Å²) in [7, 11) is 0. The van der Waals surface area contributed by atoms with Crippen molar-refractivity contribution in [1.29, 1.82) is 0 Å². The first kappa shape index (κ1) is 7.49. The molecule has 0 aromatic carbocycles. The van der Waals surface area contributed by atoms with Crippen molar-refractivity contribution in [3.05, 3.63) is 22.1 Å². The number of carbonyl (C=O) groups excluding carboxylic acids is 2. The maximum absolute atomic E-state index is 10.9. The molecule has 0 amide bonds. The van der Waals surface area contributed by atoms with Gasteiger partial charge in [0.2, 0.25) is 0 Å². The topological polar surface area (TPSA) is 34.1 Å². The van der Waals surface area contributed by atoms with E-state index in [0.29, 0.717) is 9.93 Å². The fourth-order valence-electron chi connectivity index (χ4n) is 0.684. The summed E-state index contributed by atoms with van der Waals surface area (Å²) in [6, 6.07) is 0. The molecule has 0 N–H and O–H groups in total. The first-order chi connectivity index (χ1) is 4.63. The maximum atomic E-state index is 10.9. The van der Waals surface area contributed by atoms with Crippen LogP contribution in [0.2, 0.25) is 0 Å². The van der Waals surface area contributed by atoms with Crippen LogP contribution in [-0.4, -0.2) is 28.4 Å². The molecule has 0 saturated heterocycles.